The van der Waals surface area contributed by atoms with E-state index in [2.05, 4.69) is 26.7 Å². The first-order valence-corrected chi connectivity index (χ1v) is 7.84. The van der Waals surface area contributed by atoms with Crippen LogP contribution in [0, 0.1) is 11.3 Å². The van der Waals surface area contributed by atoms with Gasteiger partial charge in [-0.1, -0.05) is 18.2 Å². The second kappa shape index (κ2) is 7.36. The van der Waals surface area contributed by atoms with Gasteiger partial charge in [0.1, 0.15) is 17.3 Å². The SMILES string of the molecule is CC(CNc1ccccc1)Nc1nc(N)nc(-c2ccco2)c1C#N. The molecule has 3 rings (SSSR count). The van der Waals surface area contributed by atoms with Crippen molar-refractivity contribution < 1.29 is 4.42 Å². The summed E-state index contributed by atoms with van der Waals surface area (Å²) in [6, 6.07) is 15.5. The molecule has 2 heterocycles. The summed E-state index contributed by atoms with van der Waals surface area (Å²) in [6.45, 7) is 2.64. The minimum absolute atomic E-state index is 0.00561. The average molecular weight is 334 g/mol. The zero-order chi connectivity index (χ0) is 17.6. The van der Waals surface area contributed by atoms with E-state index in [0.717, 1.165) is 5.69 Å². The Morgan fingerprint density at radius 3 is 2.68 bits per heavy atom. The Morgan fingerprint density at radius 1 is 1.20 bits per heavy atom. The third kappa shape index (κ3) is 3.87. The lowest BCUT2D eigenvalue weighted by molar-refractivity contribution is 0.579. The quantitative estimate of drug-likeness (QED) is 0.635. The molecule has 0 bridgehead atoms. The van der Waals surface area contributed by atoms with Crippen LogP contribution in [0.1, 0.15) is 12.5 Å². The fourth-order valence-corrected chi connectivity index (χ4v) is 2.39. The van der Waals surface area contributed by atoms with Gasteiger partial charge in [0.2, 0.25) is 5.95 Å². The molecule has 0 amide bonds. The topological polar surface area (TPSA) is 113 Å². The summed E-state index contributed by atoms with van der Waals surface area (Å²) in [5, 5.41) is 16.1. The molecular formula is C18H18N6O. The fourth-order valence-electron chi connectivity index (χ4n) is 2.39. The van der Waals surface area contributed by atoms with Gasteiger partial charge in [0, 0.05) is 18.3 Å². The van der Waals surface area contributed by atoms with Crippen molar-refractivity contribution in [3.8, 4) is 17.5 Å². The Hall–Kier alpha value is -3.53. The lowest BCUT2D eigenvalue weighted by Crippen LogP contribution is -2.26. The van der Waals surface area contributed by atoms with Crippen LogP contribution in [0.2, 0.25) is 0 Å². The van der Waals surface area contributed by atoms with Crippen molar-refractivity contribution in [2.75, 3.05) is 22.9 Å². The number of nitrogens with zero attached hydrogens (tertiary/aromatic N) is 3. The van der Waals surface area contributed by atoms with Crippen LogP contribution < -0.4 is 16.4 Å². The molecule has 0 saturated heterocycles. The highest BCUT2D eigenvalue weighted by Crippen LogP contribution is 2.27. The Balaban J connectivity index is 1.79. The largest absolute Gasteiger partial charge is 0.463 e. The molecule has 0 aliphatic heterocycles. The molecule has 3 aromatic rings. The number of furan rings is 1. The molecule has 0 aliphatic rings. The Labute approximate surface area is 145 Å². The van der Waals surface area contributed by atoms with Crippen molar-refractivity contribution in [2.24, 2.45) is 0 Å². The van der Waals surface area contributed by atoms with Crippen LogP contribution >= 0.6 is 0 Å². The summed E-state index contributed by atoms with van der Waals surface area (Å²) >= 11 is 0. The maximum absolute atomic E-state index is 9.54. The summed E-state index contributed by atoms with van der Waals surface area (Å²) in [5.41, 5.74) is 7.51. The van der Waals surface area contributed by atoms with Gasteiger partial charge in [-0.3, -0.25) is 0 Å². The van der Waals surface area contributed by atoms with E-state index < -0.39 is 0 Å². The highest BCUT2D eigenvalue weighted by molar-refractivity contribution is 5.71. The molecule has 0 aliphatic carbocycles. The van der Waals surface area contributed by atoms with Crippen molar-refractivity contribution in [1.29, 1.82) is 5.26 Å². The Bertz CT molecular complexity index is 871. The molecule has 1 atom stereocenters. The van der Waals surface area contributed by atoms with E-state index in [1.807, 2.05) is 37.3 Å². The maximum Gasteiger partial charge on any atom is 0.222 e. The molecule has 4 N–H and O–H groups in total. The predicted octanol–water partition coefficient (Wildman–Crippen LogP) is 3.10. The summed E-state index contributed by atoms with van der Waals surface area (Å²) in [6.07, 6.45) is 1.52. The van der Waals surface area contributed by atoms with E-state index in [1.54, 1.807) is 12.1 Å². The number of rotatable bonds is 6. The average Bonchev–Trinajstić information content (AvgIpc) is 3.15. The number of nitriles is 1. The van der Waals surface area contributed by atoms with Crippen molar-refractivity contribution in [1.82, 2.24) is 9.97 Å². The second-order valence-corrected chi connectivity index (χ2v) is 5.54. The van der Waals surface area contributed by atoms with Gasteiger partial charge in [0.15, 0.2) is 11.6 Å². The zero-order valence-corrected chi connectivity index (χ0v) is 13.7. The molecular weight excluding hydrogens is 316 g/mol. The normalized spacial score (nSPS) is 11.5. The van der Waals surface area contributed by atoms with Gasteiger partial charge in [-0.2, -0.15) is 10.2 Å². The van der Waals surface area contributed by atoms with E-state index in [-0.39, 0.29) is 12.0 Å². The minimum atomic E-state index is 0.00561. The van der Waals surface area contributed by atoms with Crippen LogP contribution in [0.5, 0.6) is 0 Å². The number of nitrogens with two attached hydrogens (primary N) is 1. The van der Waals surface area contributed by atoms with Crippen LogP contribution in [-0.4, -0.2) is 22.6 Å². The molecule has 7 heteroatoms. The fraction of sp³-hybridized carbons (Fsp3) is 0.167. The van der Waals surface area contributed by atoms with Gasteiger partial charge in [-0.15, -0.1) is 0 Å². The number of aromatic nitrogens is 2. The summed E-state index contributed by atoms with van der Waals surface area (Å²) in [4.78, 5) is 8.32. The lowest BCUT2D eigenvalue weighted by atomic mass is 10.1. The lowest BCUT2D eigenvalue weighted by Gasteiger charge is -2.17. The standard InChI is InChI=1S/C18H18N6O/c1-12(11-21-13-6-3-2-4-7-13)22-17-14(10-19)16(23-18(20)24-17)15-8-5-9-25-15/h2-9,12,21H,11H2,1H3,(H3,20,22,23,24). The first-order chi connectivity index (χ1) is 12.2. The number of nitrogen functional groups attached to an aromatic ring is 1. The first kappa shape index (κ1) is 16.3. The van der Waals surface area contributed by atoms with Gasteiger partial charge in [-0.25, -0.2) is 4.98 Å². The van der Waals surface area contributed by atoms with Gasteiger partial charge in [0.25, 0.3) is 0 Å². The van der Waals surface area contributed by atoms with Gasteiger partial charge >= 0.3 is 0 Å². The van der Waals surface area contributed by atoms with Crippen LogP contribution in [0.15, 0.2) is 53.1 Å². The molecule has 7 nitrogen and oxygen atoms in total. The third-order valence-electron chi connectivity index (χ3n) is 3.56. The molecule has 0 fully saturated rings. The molecule has 1 unspecified atom stereocenters. The van der Waals surface area contributed by atoms with Crippen molar-refractivity contribution in [2.45, 2.75) is 13.0 Å². The second-order valence-electron chi connectivity index (χ2n) is 5.54. The molecule has 2 aromatic heterocycles. The Kier molecular flexibility index (Phi) is 4.81. The number of anilines is 3. The van der Waals surface area contributed by atoms with Gasteiger partial charge in [0.05, 0.1) is 6.26 Å². The summed E-state index contributed by atoms with van der Waals surface area (Å²) in [7, 11) is 0. The molecule has 0 spiro atoms. The number of nitrogens with one attached hydrogen (secondary N) is 2. The Morgan fingerprint density at radius 2 is 2.00 bits per heavy atom. The number of hydrogen-bond donors (Lipinski definition) is 3. The van der Waals surface area contributed by atoms with Crippen LogP contribution in [0.4, 0.5) is 17.5 Å². The smallest absolute Gasteiger partial charge is 0.222 e. The first-order valence-electron chi connectivity index (χ1n) is 7.84. The van der Waals surface area contributed by atoms with Gasteiger partial charge < -0.3 is 20.8 Å². The number of hydrogen-bond acceptors (Lipinski definition) is 7. The van der Waals surface area contributed by atoms with Crippen LogP contribution in [-0.2, 0) is 0 Å². The number of benzene rings is 1. The molecule has 126 valence electrons. The zero-order valence-electron chi connectivity index (χ0n) is 13.7. The van der Waals surface area contributed by atoms with Crippen molar-refractivity contribution in [3.05, 3.63) is 54.3 Å². The molecule has 25 heavy (non-hydrogen) atoms. The highest BCUT2D eigenvalue weighted by atomic mass is 16.3. The third-order valence-corrected chi connectivity index (χ3v) is 3.56. The minimum Gasteiger partial charge on any atom is -0.463 e. The summed E-state index contributed by atoms with van der Waals surface area (Å²) in [5.74, 6) is 0.948. The van der Waals surface area contributed by atoms with Crippen molar-refractivity contribution in [3.63, 3.8) is 0 Å². The van der Waals surface area contributed by atoms with E-state index >= 15 is 0 Å². The van der Waals surface area contributed by atoms with E-state index in [1.165, 1.54) is 6.26 Å². The molecule has 0 radical (unpaired) electrons. The maximum atomic E-state index is 9.54. The van der Waals surface area contributed by atoms with Crippen molar-refractivity contribution >= 4 is 17.5 Å². The van der Waals surface area contributed by atoms with Gasteiger partial charge in [-0.05, 0) is 31.2 Å². The molecule has 1 aromatic carbocycles. The van der Waals surface area contributed by atoms with E-state index in [9.17, 15) is 5.26 Å². The number of para-hydroxylation sites is 1. The predicted molar refractivity (Wildman–Crippen MR) is 96.9 cm³/mol. The summed E-state index contributed by atoms with van der Waals surface area (Å²) < 4.78 is 5.35. The van der Waals surface area contributed by atoms with Crippen LogP contribution in [0.3, 0.4) is 0 Å². The highest BCUT2D eigenvalue weighted by Gasteiger charge is 2.18. The monoisotopic (exact) mass is 334 g/mol. The van der Waals surface area contributed by atoms with Crippen LogP contribution in [0.25, 0.3) is 11.5 Å². The van der Waals surface area contributed by atoms with E-state index in [4.69, 9.17) is 10.2 Å². The molecule has 0 saturated carbocycles. The van der Waals surface area contributed by atoms with E-state index in [0.29, 0.717) is 29.4 Å².